The van der Waals surface area contributed by atoms with Crippen LogP contribution in [0, 0.1) is 0 Å². The summed E-state index contributed by atoms with van der Waals surface area (Å²) >= 11 is 0. The molecular weight excluding hydrogens is 164 g/mol. The average molecular weight is 182 g/mol. The SMILES string of the molecule is C=C1CCCN(CCC(=O)NC)C1. The van der Waals surface area contributed by atoms with E-state index in [2.05, 4.69) is 16.8 Å². The first-order valence-electron chi connectivity index (χ1n) is 4.82. The van der Waals surface area contributed by atoms with Crippen LogP contribution in [0.15, 0.2) is 12.2 Å². The van der Waals surface area contributed by atoms with Crippen molar-refractivity contribution in [3.63, 3.8) is 0 Å². The Bertz CT molecular complexity index is 201. The summed E-state index contributed by atoms with van der Waals surface area (Å²) in [6.07, 6.45) is 2.94. The van der Waals surface area contributed by atoms with Gasteiger partial charge in [0.25, 0.3) is 0 Å². The van der Waals surface area contributed by atoms with Gasteiger partial charge >= 0.3 is 0 Å². The molecule has 74 valence electrons. The van der Waals surface area contributed by atoms with Crippen molar-refractivity contribution in [2.24, 2.45) is 0 Å². The van der Waals surface area contributed by atoms with Gasteiger partial charge in [-0.25, -0.2) is 0 Å². The Morgan fingerprint density at radius 1 is 1.69 bits per heavy atom. The van der Waals surface area contributed by atoms with Crippen LogP contribution in [-0.4, -0.2) is 37.5 Å². The summed E-state index contributed by atoms with van der Waals surface area (Å²) in [5, 5.41) is 2.63. The molecule has 0 spiro atoms. The lowest BCUT2D eigenvalue weighted by molar-refractivity contribution is -0.120. The number of piperidine rings is 1. The Kier molecular flexibility index (Phi) is 3.96. The van der Waals surface area contributed by atoms with Crippen molar-refractivity contribution in [2.75, 3.05) is 26.7 Å². The van der Waals surface area contributed by atoms with Gasteiger partial charge in [-0.15, -0.1) is 0 Å². The number of hydrogen-bond acceptors (Lipinski definition) is 2. The van der Waals surface area contributed by atoms with Crippen LogP contribution in [0.2, 0.25) is 0 Å². The van der Waals surface area contributed by atoms with Crippen molar-refractivity contribution >= 4 is 5.91 Å². The molecule has 0 saturated carbocycles. The highest BCUT2D eigenvalue weighted by molar-refractivity contribution is 5.75. The van der Waals surface area contributed by atoms with E-state index < -0.39 is 0 Å². The Balaban J connectivity index is 2.20. The summed E-state index contributed by atoms with van der Waals surface area (Å²) in [6, 6.07) is 0. The number of carbonyl (C=O) groups is 1. The van der Waals surface area contributed by atoms with Crippen molar-refractivity contribution in [1.82, 2.24) is 10.2 Å². The van der Waals surface area contributed by atoms with E-state index in [1.807, 2.05) is 0 Å². The molecule has 1 N–H and O–H groups in total. The predicted octanol–water partition coefficient (Wildman–Crippen LogP) is 0.774. The fourth-order valence-corrected chi connectivity index (χ4v) is 1.60. The van der Waals surface area contributed by atoms with E-state index in [4.69, 9.17) is 0 Å². The van der Waals surface area contributed by atoms with Crippen molar-refractivity contribution in [3.8, 4) is 0 Å². The van der Waals surface area contributed by atoms with E-state index in [0.29, 0.717) is 6.42 Å². The molecule has 0 unspecified atom stereocenters. The number of nitrogens with zero attached hydrogens (tertiary/aromatic N) is 1. The molecule has 3 nitrogen and oxygen atoms in total. The van der Waals surface area contributed by atoms with Crippen LogP contribution >= 0.6 is 0 Å². The van der Waals surface area contributed by atoms with Crippen LogP contribution < -0.4 is 5.32 Å². The second-order valence-corrected chi connectivity index (χ2v) is 3.55. The van der Waals surface area contributed by atoms with Gasteiger partial charge in [0.2, 0.25) is 5.91 Å². The molecule has 1 aliphatic rings. The highest BCUT2D eigenvalue weighted by Gasteiger charge is 2.13. The Labute approximate surface area is 79.8 Å². The van der Waals surface area contributed by atoms with Crippen molar-refractivity contribution < 1.29 is 4.79 Å². The van der Waals surface area contributed by atoms with Crippen LogP contribution in [0.4, 0.5) is 0 Å². The zero-order valence-electron chi connectivity index (χ0n) is 8.31. The first kappa shape index (κ1) is 10.3. The molecule has 0 atom stereocenters. The first-order chi connectivity index (χ1) is 6.22. The number of hydrogen-bond donors (Lipinski definition) is 1. The monoisotopic (exact) mass is 182 g/mol. The van der Waals surface area contributed by atoms with Gasteiger partial charge in [0, 0.05) is 26.6 Å². The molecule has 0 aromatic heterocycles. The molecule has 0 aromatic carbocycles. The van der Waals surface area contributed by atoms with E-state index in [-0.39, 0.29) is 5.91 Å². The molecule has 3 heteroatoms. The summed E-state index contributed by atoms with van der Waals surface area (Å²) in [6.45, 7) is 6.91. The van der Waals surface area contributed by atoms with Crippen LogP contribution in [0.3, 0.4) is 0 Å². The highest BCUT2D eigenvalue weighted by atomic mass is 16.1. The molecule has 1 aliphatic heterocycles. The number of likely N-dealkylation sites (tertiary alicyclic amines) is 1. The number of nitrogens with one attached hydrogen (secondary N) is 1. The van der Waals surface area contributed by atoms with Crippen LogP contribution in [-0.2, 0) is 4.79 Å². The number of carbonyl (C=O) groups excluding carboxylic acids is 1. The van der Waals surface area contributed by atoms with E-state index in [9.17, 15) is 4.79 Å². The molecule has 0 aliphatic carbocycles. The van der Waals surface area contributed by atoms with Crippen molar-refractivity contribution in [1.29, 1.82) is 0 Å². The molecule has 1 saturated heterocycles. The lowest BCUT2D eigenvalue weighted by Crippen LogP contribution is -2.34. The summed E-state index contributed by atoms with van der Waals surface area (Å²) in [7, 11) is 1.68. The Morgan fingerprint density at radius 2 is 2.46 bits per heavy atom. The van der Waals surface area contributed by atoms with E-state index in [1.165, 1.54) is 12.0 Å². The van der Waals surface area contributed by atoms with E-state index in [0.717, 1.165) is 26.1 Å². The lowest BCUT2D eigenvalue weighted by Gasteiger charge is -2.27. The molecule has 1 heterocycles. The zero-order valence-corrected chi connectivity index (χ0v) is 8.31. The topological polar surface area (TPSA) is 32.3 Å². The minimum atomic E-state index is 0.121. The molecule has 13 heavy (non-hydrogen) atoms. The third kappa shape index (κ3) is 3.59. The maximum Gasteiger partial charge on any atom is 0.221 e. The molecule has 1 amide bonds. The molecule has 1 fully saturated rings. The largest absolute Gasteiger partial charge is 0.359 e. The average Bonchev–Trinajstić information content (AvgIpc) is 2.14. The summed E-state index contributed by atoms with van der Waals surface area (Å²) in [4.78, 5) is 13.3. The Morgan fingerprint density at radius 3 is 3.08 bits per heavy atom. The minimum absolute atomic E-state index is 0.121. The fourth-order valence-electron chi connectivity index (χ4n) is 1.60. The Hall–Kier alpha value is -0.830. The summed E-state index contributed by atoms with van der Waals surface area (Å²) in [5.74, 6) is 0.121. The van der Waals surface area contributed by atoms with Gasteiger partial charge in [0.1, 0.15) is 0 Å². The third-order valence-electron chi connectivity index (χ3n) is 2.39. The van der Waals surface area contributed by atoms with Crippen LogP contribution in [0.5, 0.6) is 0 Å². The van der Waals surface area contributed by atoms with Gasteiger partial charge in [-0.3, -0.25) is 9.69 Å². The minimum Gasteiger partial charge on any atom is -0.359 e. The van der Waals surface area contributed by atoms with Crippen molar-refractivity contribution in [2.45, 2.75) is 19.3 Å². The zero-order chi connectivity index (χ0) is 9.68. The number of amides is 1. The standard InChI is InChI=1S/C10H18N2O/c1-9-4-3-6-12(8-9)7-5-10(13)11-2/h1,3-8H2,2H3,(H,11,13). The fraction of sp³-hybridized carbons (Fsp3) is 0.700. The highest BCUT2D eigenvalue weighted by Crippen LogP contribution is 2.13. The van der Waals surface area contributed by atoms with Crippen LogP contribution in [0.1, 0.15) is 19.3 Å². The third-order valence-corrected chi connectivity index (χ3v) is 2.39. The molecule has 0 bridgehead atoms. The second kappa shape index (κ2) is 5.02. The predicted molar refractivity (Wildman–Crippen MR) is 53.5 cm³/mol. The molecular formula is C10H18N2O. The van der Waals surface area contributed by atoms with Gasteiger partial charge in [0.05, 0.1) is 0 Å². The molecule has 0 aromatic rings. The number of rotatable bonds is 3. The smallest absolute Gasteiger partial charge is 0.221 e. The second-order valence-electron chi connectivity index (χ2n) is 3.55. The molecule has 1 rings (SSSR count). The van der Waals surface area contributed by atoms with E-state index >= 15 is 0 Å². The van der Waals surface area contributed by atoms with Crippen molar-refractivity contribution in [3.05, 3.63) is 12.2 Å². The maximum absolute atomic E-state index is 11.0. The van der Waals surface area contributed by atoms with Gasteiger partial charge in [-0.05, 0) is 19.4 Å². The van der Waals surface area contributed by atoms with E-state index in [1.54, 1.807) is 7.05 Å². The normalized spacial score (nSPS) is 18.7. The van der Waals surface area contributed by atoms with Gasteiger partial charge < -0.3 is 5.32 Å². The first-order valence-corrected chi connectivity index (χ1v) is 4.82. The summed E-state index contributed by atoms with van der Waals surface area (Å²) in [5.41, 5.74) is 1.29. The van der Waals surface area contributed by atoms with Gasteiger partial charge in [-0.2, -0.15) is 0 Å². The van der Waals surface area contributed by atoms with Gasteiger partial charge in [-0.1, -0.05) is 12.2 Å². The van der Waals surface area contributed by atoms with Crippen LogP contribution in [0.25, 0.3) is 0 Å². The summed E-state index contributed by atoms with van der Waals surface area (Å²) < 4.78 is 0. The lowest BCUT2D eigenvalue weighted by atomic mass is 10.1. The quantitative estimate of drug-likeness (QED) is 0.654. The molecule has 0 radical (unpaired) electrons. The van der Waals surface area contributed by atoms with Gasteiger partial charge in [0.15, 0.2) is 0 Å². The maximum atomic E-state index is 11.0.